The lowest BCUT2D eigenvalue weighted by molar-refractivity contribution is 0.192. The van der Waals surface area contributed by atoms with Crippen LogP contribution in [0.5, 0.6) is 0 Å². The zero-order valence-corrected chi connectivity index (χ0v) is 16.7. The number of nitrogens with one attached hydrogen (secondary N) is 1. The maximum atomic E-state index is 3.64. The van der Waals surface area contributed by atoms with Crippen molar-refractivity contribution in [2.45, 2.75) is 38.8 Å². The van der Waals surface area contributed by atoms with Gasteiger partial charge in [0, 0.05) is 39.3 Å². The predicted octanol–water partition coefficient (Wildman–Crippen LogP) is 4.15. The average Bonchev–Trinajstić information content (AvgIpc) is 2.73. The molecule has 2 aromatic rings. The van der Waals surface area contributed by atoms with Crippen LogP contribution < -0.4 is 5.32 Å². The Balaban J connectivity index is 1.61. The fraction of sp³-hybridized carbons (Fsp3) is 0.500. The van der Waals surface area contributed by atoms with Gasteiger partial charge in [-0.1, -0.05) is 73.5 Å². The van der Waals surface area contributed by atoms with E-state index in [1.54, 1.807) is 0 Å². The molecular formula is C24H35N3. The molecule has 0 amide bonds. The quantitative estimate of drug-likeness (QED) is 0.878. The first-order valence-electron chi connectivity index (χ1n) is 10.6. The van der Waals surface area contributed by atoms with Crippen molar-refractivity contribution in [2.75, 3.05) is 39.3 Å². The molecule has 2 aromatic carbocycles. The molecule has 1 fully saturated rings. The number of rotatable bonds is 4. The largest absolute Gasteiger partial charge is 0.315 e. The van der Waals surface area contributed by atoms with Gasteiger partial charge in [-0.15, -0.1) is 0 Å². The standard InChI is InChI=1S/C24H35N3/c1-2-10-17-26(21-23-11-5-3-6-12-23)19-20-27(18-16-25-15-9-1)22-24-13-7-4-8-14-24/h3-8,11-14,25H,1-2,9-10,15-22H2. The minimum Gasteiger partial charge on any atom is -0.315 e. The number of hydrogen-bond donors (Lipinski definition) is 1. The van der Waals surface area contributed by atoms with E-state index in [1.807, 2.05) is 0 Å². The Morgan fingerprint density at radius 2 is 1.11 bits per heavy atom. The molecule has 3 nitrogen and oxygen atoms in total. The Kier molecular flexibility index (Phi) is 8.85. The van der Waals surface area contributed by atoms with Crippen molar-refractivity contribution in [1.82, 2.24) is 15.1 Å². The molecular weight excluding hydrogens is 330 g/mol. The summed E-state index contributed by atoms with van der Waals surface area (Å²) in [6.07, 6.45) is 5.31. The normalized spacial score (nSPS) is 19.0. The lowest BCUT2D eigenvalue weighted by atomic mass is 10.1. The highest BCUT2D eigenvalue weighted by molar-refractivity contribution is 5.15. The van der Waals surface area contributed by atoms with Crippen LogP contribution in [0.2, 0.25) is 0 Å². The van der Waals surface area contributed by atoms with E-state index >= 15 is 0 Å². The molecule has 0 unspecified atom stereocenters. The van der Waals surface area contributed by atoms with Crippen LogP contribution >= 0.6 is 0 Å². The second-order valence-electron chi connectivity index (χ2n) is 7.69. The molecule has 0 aliphatic carbocycles. The summed E-state index contributed by atoms with van der Waals surface area (Å²) in [5, 5.41) is 3.64. The Morgan fingerprint density at radius 1 is 0.556 bits per heavy atom. The van der Waals surface area contributed by atoms with Crippen LogP contribution in [-0.2, 0) is 13.1 Å². The smallest absolute Gasteiger partial charge is 0.0234 e. The van der Waals surface area contributed by atoms with Gasteiger partial charge in [-0.05, 0) is 37.1 Å². The Morgan fingerprint density at radius 3 is 1.74 bits per heavy atom. The molecule has 0 saturated carbocycles. The van der Waals surface area contributed by atoms with Crippen molar-refractivity contribution in [3.8, 4) is 0 Å². The molecule has 0 atom stereocenters. The first-order chi connectivity index (χ1) is 13.4. The fourth-order valence-corrected chi connectivity index (χ4v) is 3.81. The van der Waals surface area contributed by atoms with E-state index in [1.165, 1.54) is 43.4 Å². The average molecular weight is 366 g/mol. The fourth-order valence-electron chi connectivity index (χ4n) is 3.81. The number of hydrogen-bond acceptors (Lipinski definition) is 3. The number of benzene rings is 2. The molecule has 0 spiro atoms. The Hall–Kier alpha value is -1.68. The number of nitrogens with zero attached hydrogens (tertiary/aromatic N) is 2. The molecule has 0 aromatic heterocycles. The molecule has 1 N–H and O–H groups in total. The van der Waals surface area contributed by atoms with Crippen molar-refractivity contribution < 1.29 is 0 Å². The van der Waals surface area contributed by atoms with Gasteiger partial charge in [-0.25, -0.2) is 0 Å². The SMILES string of the molecule is c1ccc(CN2CCCCCCNCCN(Cc3ccccc3)CC2)cc1. The van der Waals surface area contributed by atoms with E-state index in [-0.39, 0.29) is 0 Å². The van der Waals surface area contributed by atoms with E-state index < -0.39 is 0 Å². The van der Waals surface area contributed by atoms with Crippen LogP contribution in [0.4, 0.5) is 0 Å². The predicted molar refractivity (Wildman–Crippen MR) is 115 cm³/mol. The summed E-state index contributed by atoms with van der Waals surface area (Å²) in [4.78, 5) is 5.26. The van der Waals surface area contributed by atoms with Crippen molar-refractivity contribution in [1.29, 1.82) is 0 Å². The molecule has 1 aliphatic heterocycles. The minimum atomic E-state index is 1.04. The van der Waals surface area contributed by atoms with Crippen molar-refractivity contribution in [2.24, 2.45) is 0 Å². The van der Waals surface area contributed by atoms with E-state index in [4.69, 9.17) is 0 Å². The highest BCUT2D eigenvalue weighted by Gasteiger charge is 2.11. The third kappa shape index (κ3) is 7.84. The van der Waals surface area contributed by atoms with Gasteiger partial charge in [-0.2, -0.15) is 0 Å². The van der Waals surface area contributed by atoms with Crippen LogP contribution in [-0.4, -0.2) is 49.1 Å². The maximum Gasteiger partial charge on any atom is 0.0234 e. The Bertz CT molecular complexity index is 559. The summed E-state index contributed by atoms with van der Waals surface area (Å²) < 4.78 is 0. The first kappa shape index (κ1) is 20.1. The van der Waals surface area contributed by atoms with Gasteiger partial charge >= 0.3 is 0 Å². The zero-order valence-electron chi connectivity index (χ0n) is 16.7. The topological polar surface area (TPSA) is 18.5 Å². The summed E-state index contributed by atoms with van der Waals surface area (Å²) in [5.74, 6) is 0. The second kappa shape index (κ2) is 11.9. The molecule has 1 heterocycles. The lowest BCUT2D eigenvalue weighted by Gasteiger charge is -2.28. The molecule has 27 heavy (non-hydrogen) atoms. The van der Waals surface area contributed by atoms with Crippen LogP contribution in [0.1, 0.15) is 36.8 Å². The van der Waals surface area contributed by atoms with Crippen LogP contribution in [0.25, 0.3) is 0 Å². The van der Waals surface area contributed by atoms with Gasteiger partial charge in [0.15, 0.2) is 0 Å². The van der Waals surface area contributed by atoms with Crippen LogP contribution in [0.15, 0.2) is 60.7 Å². The third-order valence-corrected chi connectivity index (χ3v) is 5.41. The third-order valence-electron chi connectivity index (χ3n) is 5.41. The van der Waals surface area contributed by atoms with E-state index in [0.29, 0.717) is 0 Å². The summed E-state index contributed by atoms with van der Waals surface area (Å²) >= 11 is 0. The summed E-state index contributed by atoms with van der Waals surface area (Å²) in [6.45, 7) is 8.96. The van der Waals surface area contributed by atoms with Gasteiger partial charge in [0.2, 0.25) is 0 Å². The van der Waals surface area contributed by atoms with Gasteiger partial charge in [0.1, 0.15) is 0 Å². The van der Waals surface area contributed by atoms with E-state index in [0.717, 1.165) is 45.8 Å². The van der Waals surface area contributed by atoms with Crippen LogP contribution in [0, 0.1) is 0 Å². The van der Waals surface area contributed by atoms with E-state index in [9.17, 15) is 0 Å². The van der Waals surface area contributed by atoms with Crippen molar-refractivity contribution >= 4 is 0 Å². The summed E-state index contributed by atoms with van der Waals surface area (Å²) in [5.41, 5.74) is 2.84. The molecule has 1 aliphatic rings. The molecule has 146 valence electrons. The molecule has 1 saturated heterocycles. The first-order valence-corrected chi connectivity index (χ1v) is 10.6. The molecule has 0 bridgehead atoms. The van der Waals surface area contributed by atoms with E-state index in [2.05, 4.69) is 75.8 Å². The monoisotopic (exact) mass is 365 g/mol. The summed E-state index contributed by atoms with van der Waals surface area (Å²) in [7, 11) is 0. The highest BCUT2D eigenvalue weighted by Crippen LogP contribution is 2.10. The van der Waals surface area contributed by atoms with Gasteiger partial charge in [-0.3, -0.25) is 9.80 Å². The molecule has 3 rings (SSSR count). The molecule has 3 heteroatoms. The Labute approximate surface area is 165 Å². The highest BCUT2D eigenvalue weighted by atomic mass is 15.2. The minimum absolute atomic E-state index is 1.04. The van der Waals surface area contributed by atoms with Gasteiger partial charge in [0.05, 0.1) is 0 Å². The second-order valence-corrected chi connectivity index (χ2v) is 7.69. The van der Waals surface area contributed by atoms with Crippen molar-refractivity contribution in [3.63, 3.8) is 0 Å². The van der Waals surface area contributed by atoms with Crippen molar-refractivity contribution in [3.05, 3.63) is 71.8 Å². The van der Waals surface area contributed by atoms with Gasteiger partial charge < -0.3 is 5.32 Å². The zero-order chi connectivity index (χ0) is 18.6. The summed E-state index contributed by atoms with van der Waals surface area (Å²) in [6, 6.07) is 21.8. The maximum absolute atomic E-state index is 3.64. The lowest BCUT2D eigenvalue weighted by Crippen LogP contribution is -2.38. The van der Waals surface area contributed by atoms with Crippen LogP contribution in [0.3, 0.4) is 0 Å². The molecule has 0 radical (unpaired) electrons. The van der Waals surface area contributed by atoms with Gasteiger partial charge in [0.25, 0.3) is 0 Å².